The van der Waals surface area contributed by atoms with Gasteiger partial charge in [0.05, 0.1) is 6.20 Å². The first-order valence-electron chi connectivity index (χ1n) is 17.9. The number of likely N-dealkylation sites (N-methyl/N-ethyl adjacent to an activating group) is 1. The van der Waals surface area contributed by atoms with Crippen LogP contribution in [-0.4, -0.2) is 59.0 Å². The van der Waals surface area contributed by atoms with Gasteiger partial charge in [0.2, 0.25) is 17.8 Å². The molecule has 2 saturated carbocycles. The molecule has 0 unspecified atom stereocenters. The Morgan fingerprint density at radius 3 is 2.41 bits per heavy atom. The van der Waals surface area contributed by atoms with Crippen molar-refractivity contribution in [2.75, 3.05) is 22.2 Å². The molecule has 2 heterocycles. The van der Waals surface area contributed by atoms with Crippen LogP contribution >= 0.6 is 0 Å². The molecule has 5 rings (SSSR count). The molecule has 0 bridgehead atoms. The summed E-state index contributed by atoms with van der Waals surface area (Å²) in [7, 11) is 1.70. The van der Waals surface area contributed by atoms with E-state index in [2.05, 4.69) is 25.5 Å². The molecule has 2 aliphatic carbocycles. The highest BCUT2D eigenvalue weighted by molar-refractivity contribution is 6.04. The minimum absolute atomic E-state index is 0.0122. The molecule has 0 radical (unpaired) electrons. The molecule has 1 aromatic carbocycles. The number of hydrogen-bond donors (Lipinski definition) is 2. The van der Waals surface area contributed by atoms with Crippen molar-refractivity contribution in [1.29, 1.82) is 0 Å². The number of halogens is 2. The van der Waals surface area contributed by atoms with Crippen LogP contribution in [-0.2, 0) is 19.1 Å². The third-order valence-electron chi connectivity index (χ3n) is 9.71. The van der Waals surface area contributed by atoms with E-state index in [1.54, 1.807) is 24.1 Å². The van der Waals surface area contributed by atoms with E-state index >= 15 is 8.78 Å². The van der Waals surface area contributed by atoms with Crippen LogP contribution in [0.4, 0.5) is 31.9 Å². The number of allylic oxidation sites excluding steroid dienone is 1. The molecule has 266 valence electrons. The number of anilines is 4. The third kappa shape index (κ3) is 8.93. The number of benzene rings is 1. The van der Waals surface area contributed by atoms with Crippen LogP contribution in [0.5, 0.6) is 0 Å². The summed E-state index contributed by atoms with van der Waals surface area (Å²) in [4.78, 5) is 51.1. The van der Waals surface area contributed by atoms with E-state index in [0.29, 0.717) is 42.8 Å². The predicted molar refractivity (Wildman–Crippen MR) is 187 cm³/mol. The van der Waals surface area contributed by atoms with Crippen molar-refractivity contribution in [3.8, 4) is 0 Å². The van der Waals surface area contributed by atoms with Gasteiger partial charge in [0.1, 0.15) is 41.2 Å². The second-order valence-corrected chi connectivity index (χ2v) is 13.9. The normalized spacial score (nSPS) is 19.2. The van der Waals surface area contributed by atoms with Crippen molar-refractivity contribution in [3.05, 3.63) is 41.6 Å². The fourth-order valence-corrected chi connectivity index (χ4v) is 7.17. The average molecular weight is 681 g/mol. The number of esters is 1. The lowest BCUT2D eigenvalue weighted by molar-refractivity contribution is -0.153. The molecule has 3 aliphatic rings. The summed E-state index contributed by atoms with van der Waals surface area (Å²) in [5.41, 5.74) is 0.542. The maximum Gasteiger partial charge on any atom is 0.328 e. The number of aromatic nitrogens is 2. The first-order valence-corrected chi connectivity index (χ1v) is 17.9. The number of ether oxygens (including phenoxy) is 1. The topological polar surface area (TPSA) is 117 Å². The van der Waals surface area contributed by atoms with Crippen molar-refractivity contribution >= 4 is 47.0 Å². The number of rotatable bonds is 14. The smallest absolute Gasteiger partial charge is 0.328 e. The van der Waals surface area contributed by atoms with Crippen LogP contribution in [0, 0.1) is 17.6 Å². The maximum atomic E-state index is 15.2. The van der Waals surface area contributed by atoms with E-state index in [0.717, 1.165) is 51.4 Å². The number of carbonyl (C=O) groups excluding carboxylic acids is 3. The molecule has 2 atom stereocenters. The summed E-state index contributed by atoms with van der Waals surface area (Å²) in [5.74, 6) is -1.36. The van der Waals surface area contributed by atoms with Crippen LogP contribution in [0.25, 0.3) is 6.08 Å². The fourth-order valence-electron chi connectivity index (χ4n) is 7.17. The summed E-state index contributed by atoms with van der Waals surface area (Å²) in [6.07, 6.45) is 15.1. The number of unbranched alkanes of at least 4 members (excludes halogenated alkanes) is 1. The lowest BCUT2D eigenvalue weighted by atomic mass is 10.0. The lowest BCUT2D eigenvalue weighted by Gasteiger charge is -2.43. The zero-order valence-corrected chi connectivity index (χ0v) is 29.1. The minimum Gasteiger partial charge on any atom is -0.461 e. The quantitative estimate of drug-likeness (QED) is 0.159. The van der Waals surface area contributed by atoms with Gasteiger partial charge >= 0.3 is 5.97 Å². The fraction of sp³-hybridized carbons (Fsp3) is 0.595. The highest BCUT2D eigenvalue weighted by atomic mass is 19.1. The molecule has 1 aromatic heterocycles. The van der Waals surface area contributed by atoms with Crippen LogP contribution in [0.15, 0.2) is 24.4 Å². The molecular weight excluding hydrogens is 630 g/mol. The maximum absolute atomic E-state index is 15.2. The Morgan fingerprint density at radius 2 is 1.76 bits per heavy atom. The Kier molecular flexibility index (Phi) is 12.2. The van der Waals surface area contributed by atoms with Gasteiger partial charge in [-0.25, -0.2) is 18.6 Å². The standard InChI is InChI=1S/C37H50F2N6O4/c1-5-30-35(47)44(4)31-22-40-37(43-34(31)45(30)25-14-9-10-15-25)42-33-27(38)20-24(21-28(33)39)13-7-6-8-18-32(46)41-29(19-23(2)3)36(48)49-26-16-11-12-17-26/h7,13,20-23,25-26,29-30H,5-6,8-12,14-19H2,1-4H3,(H,41,46)(H,40,42,43)/b13-7+/t29-,30+/m0/s1. The Labute approximate surface area is 288 Å². The van der Waals surface area contributed by atoms with E-state index < -0.39 is 17.7 Å². The zero-order valence-electron chi connectivity index (χ0n) is 29.1. The Hall–Kier alpha value is -4.09. The Morgan fingerprint density at radius 1 is 1.08 bits per heavy atom. The largest absolute Gasteiger partial charge is 0.461 e. The van der Waals surface area contributed by atoms with Gasteiger partial charge in [0.25, 0.3) is 0 Å². The van der Waals surface area contributed by atoms with E-state index in [1.807, 2.05) is 20.8 Å². The molecule has 2 fully saturated rings. The van der Waals surface area contributed by atoms with Crippen molar-refractivity contribution in [3.63, 3.8) is 0 Å². The van der Waals surface area contributed by atoms with Gasteiger partial charge in [0.15, 0.2) is 5.82 Å². The van der Waals surface area contributed by atoms with Gasteiger partial charge < -0.3 is 25.2 Å². The van der Waals surface area contributed by atoms with Gasteiger partial charge in [-0.1, -0.05) is 45.8 Å². The molecule has 2 amide bonds. The van der Waals surface area contributed by atoms with E-state index in [-0.39, 0.29) is 59.9 Å². The van der Waals surface area contributed by atoms with Gasteiger partial charge in [0, 0.05) is 19.5 Å². The molecule has 49 heavy (non-hydrogen) atoms. The summed E-state index contributed by atoms with van der Waals surface area (Å²) in [6, 6.07) is 1.60. The predicted octanol–water partition coefficient (Wildman–Crippen LogP) is 7.20. The molecule has 1 aliphatic heterocycles. The summed E-state index contributed by atoms with van der Waals surface area (Å²) >= 11 is 0. The first-order chi connectivity index (χ1) is 23.5. The van der Waals surface area contributed by atoms with E-state index in [9.17, 15) is 14.4 Å². The van der Waals surface area contributed by atoms with Crippen molar-refractivity contribution < 1.29 is 27.9 Å². The lowest BCUT2D eigenvalue weighted by Crippen LogP contribution is -2.55. The number of hydrogen-bond acceptors (Lipinski definition) is 8. The van der Waals surface area contributed by atoms with Crippen molar-refractivity contribution in [2.24, 2.45) is 5.92 Å². The van der Waals surface area contributed by atoms with Crippen molar-refractivity contribution in [1.82, 2.24) is 15.3 Å². The highest BCUT2D eigenvalue weighted by Gasteiger charge is 2.41. The second kappa shape index (κ2) is 16.5. The molecule has 10 nitrogen and oxygen atoms in total. The molecule has 0 saturated heterocycles. The summed E-state index contributed by atoms with van der Waals surface area (Å²) in [6.45, 7) is 5.97. The second-order valence-electron chi connectivity index (χ2n) is 13.9. The highest BCUT2D eigenvalue weighted by Crippen LogP contribution is 2.40. The van der Waals surface area contributed by atoms with E-state index in [1.165, 1.54) is 18.3 Å². The molecule has 12 heteroatoms. The Balaban J connectivity index is 1.17. The number of carbonyl (C=O) groups is 3. The number of nitrogens with one attached hydrogen (secondary N) is 2. The average Bonchev–Trinajstić information content (AvgIpc) is 3.79. The zero-order chi connectivity index (χ0) is 35.1. The number of amides is 2. The molecule has 0 spiro atoms. The van der Waals surface area contributed by atoms with Gasteiger partial charge in [-0.05, 0) is 87.8 Å². The van der Waals surface area contributed by atoms with Gasteiger partial charge in [-0.3, -0.25) is 9.59 Å². The summed E-state index contributed by atoms with van der Waals surface area (Å²) in [5, 5.41) is 5.57. The number of nitrogens with zero attached hydrogens (tertiary/aromatic N) is 4. The monoisotopic (exact) mass is 680 g/mol. The van der Waals surface area contributed by atoms with Crippen LogP contribution in [0.2, 0.25) is 0 Å². The SMILES string of the molecule is CC[C@@H]1C(=O)N(C)c2cnc(Nc3c(F)cc(/C=C/CCCC(=O)N[C@@H](CC(C)C)C(=O)OC4CCCC4)cc3F)nc2N1C1CCCC1. The molecule has 2 aromatic rings. The number of fused-ring (bicyclic) bond motifs is 1. The van der Waals surface area contributed by atoms with E-state index in [4.69, 9.17) is 4.74 Å². The van der Waals surface area contributed by atoms with Crippen molar-refractivity contribution in [2.45, 2.75) is 128 Å². The third-order valence-corrected chi connectivity index (χ3v) is 9.71. The van der Waals surface area contributed by atoms with Gasteiger partial charge in [-0.15, -0.1) is 0 Å². The minimum atomic E-state index is -0.799. The van der Waals surface area contributed by atoms with Crippen LogP contribution in [0.1, 0.15) is 110 Å². The Bertz CT molecular complexity index is 1500. The summed E-state index contributed by atoms with van der Waals surface area (Å²) < 4.78 is 36.1. The van der Waals surface area contributed by atoms with Crippen LogP contribution < -0.4 is 20.4 Å². The molecule has 2 N–H and O–H groups in total. The van der Waals surface area contributed by atoms with Crippen LogP contribution in [0.3, 0.4) is 0 Å². The molecular formula is C37H50F2N6O4. The van der Waals surface area contributed by atoms with Gasteiger partial charge in [-0.2, -0.15) is 4.98 Å². The first kappa shape index (κ1) is 36.2.